The lowest BCUT2D eigenvalue weighted by Gasteiger charge is -2.03. The van der Waals surface area contributed by atoms with Crippen LogP contribution in [0.4, 0.5) is 0 Å². The molecule has 19 heavy (non-hydrogen) atoms. The largest absolute Gasteiger partial charge is 0.466 e. The second-order valence-electron chi connectivity index (χ2n) is 4.06. The molecule has 2 aromatic heterocycles. The molecule has 0 saturated heterocycles. The molecule has 0 aliphatic heterocycles. The number of pyridine rings is 1. The van der Waals surface area contributed by atoms with Crippen molar-refractivity contribution in [1.29, 1.82) is 5.26 Å². The lowest BCUT2D eigenvalue weighted by molar-refractivity contribution is 0.0948. The molecule has 0 unspecified atom stereocenters. The van der Waals surface area contributed by atoms with Crippen LogP contribution in [0.2, 0.25) is 0 Å². The molecule has 5 nitrogen and oxygen atoms in total. The smallest absolute Gasteiger partial charge is 0.269 e. The summed E-state index contributed by atoms with van der Waals surface area (Å²) in [6.45, 7) is 2.34. The van der Waals surface area contributed by atoms with E-state index in [9.17, 15) is 4.79 Å². The predicted octanol–water partition coefficient (Wildman–Crippen LogP) is 1.83. The number of rotatable bonds is 4. The van der Waals surface area contributed by atoms with Crippen LogP contribution in [0, 0.1) is 18.3 Å². The van der Waals surface area contributed by atoms with Gasteiger partial charge in [-0.15, -0.1) is 0 Å². The second kappa shape index (κ2) is 5.83. The van der Waals surface area contributed by atoms with E-state index in [0.717, 1.165) is 11.5 Å². The molecule has 0 spiro atoms. The Labute approximate surface area is 110 Å². The standard InChI is InChI=1S/C14H13N3O2/c1-10-2-3-12(19-10)5-7-17-14(18)13-8-11(9-15)4-6-16-13/h2-4,6,8H,5,7H2,1H3,(H,17,18). The van der Waals surface area contributed by atoms with Crippen molar-refractivity contribution in [2.45, 2.75) is 13.3 Å². The van der Waals surface area contributed by atoms with Gasteiger partial charge in [-0.25, -0.2) is 0 Å². The first-order valence-electron chi connectivity index (χ1n) is 5.88. The van der Waals surface area contributed by atoms with Crippen LogP contribution in [0.5, 0.6) is 0 Å². The molecule has 0 aliphatic rings. The lowest BCUT2D eigenvalue weighted by atomic mass is 10.2. The minimum absolute atomic E-state index is 0.245. The Balaban J connectivity index is 1.89. The van der Waals surface area contributed by atoms with Gasteiger partial charge >= 0.3 is 0 Å². The van der Waals surface area contributed by atoms with Crippen molar-refractivity contribution in [3.8, 4) is 6.07 Å². The number of carbonyl (C=O) groups excluding carboxylic acids is 1. The second-order valence-corrected chi connectivity index (χ2v) is 4.06. The molecule has 0 fully saturated rings. The van der Waals surface area contributed by atoms with Crippen molar-refractivity contribution in [1.82, 2.24) is 10.3 Å². The third-order valence-electron chi connectivity index (χ3n) is 2.57. The maximum atomic E-state index is 11.8. The van der Waals surface area contributed by atoms with Crippen LogP contribution in [0.3, 0.4) is 0 Å². The van der Waals surface area contributed by atoms with E-state index in [2.05, 4.69) is 10.3 Å². The summed E-state index contributed by atoms with van der Waals surface area (Å²) in [5, 5.41) is 11.5. The summed E-state index contributed by atoms with van der Waals surface area (Å²) in [4.78, 5) is 15.7. The molecule has 1 amide bonds. The zero-order valence-electron chi connectivity index (χ0n) is 10.5. The van der Waals surface area contributed by atoms with Crippen molar-refractivity contribution >= 4 is 5.91 Å². The number of nitriles is 1. The number of carbonyl (C=O) groups is 1. The molecule has 2 aromatic rings. The average molecular weight is 255 g/mol. The highest BCUT2D eigenvalue weighted by Gasteiger charge is 2.07. The third-order valence-corrected chi connectivity index (χ3v) is 2.57. The highest BCUT2D eigenvalue weighted by atomic mass is 16.3. The maximum Gasteiger partial charge on any atom is 0.269 e. The zero-order chi connectivity index (χ0) is 13.7. The Morgan fingerprint density at radius 3 is 3.00 bits per heavy atom. The normalized spacial score (nSPS) is 9.89. The van der Waals surface area contributed by atoms with Crippen molar-refractivity contribution < 1.29 is 9.21 Å². The number of hydrogen-bond donors (Lipinski definition) is 1. The molecular weight excluding hydrogens is 242 g/mol. The molecule has 2 heterocycles. The lowest BCUT2D eigenvalue weighted by Crippen LogP contribution is -2.26. The Morgan fingerprint density at radius 2 is 2.32 bits per heavy atom. The Kier molecular flexibility index (Phi) is 3.94. The van der Waals surface area contributed by atoms with E-state index in [0.29, 0.717) is 18.5 Å². The molecule has 96 valence electrons. The van der Waals surface area contributed by atoms with Gasteiger partial charge in [0.2, 0.25) is 0 Å². The fraction of sp³-hybridized carbons (Fsp3) is 0.214. The van der Waals surface area contributed by atoms with Crippen LogP contribution in [0.15, 0.2) is 34.9 Å². The summed E-state index contributed by atoms with van der Waals surface area (Å²) in [6, 6.07) is 8.76. The van der Waals surface area contributed by atoms with Gasteiger partial charge in [-0.3, -0.25) is 9.78 Å². The Hall–Kier alpha value is -2.61. The van der Waals surface area contributed by atoms with E-state index in [1.165, 1.54) is 12.3 Å². The summed E-state index contributed by atoms with van der Waals surface area (Å²) in [5.74, 6) is 1.39. The van der Waals surface area contributed by atoms with Gasteiger partial charge < -0.3 is 9.73 Å². The topological polar surface area (TPSA) is 78.9 Å². The van der Waals surface area contributed by atoms with Crippen LogP contribution in [-0.4, -0.2) is 17.4 Å². The summed E-state index contributed by atoms with van der Waals surface area (Å²) in [6.07, 6.45) is 2.07. The number of amides is 1. The third kappa shape index (κ3) is 3.42. The maximum absolute atomic E-state index is 11.8. The van der Waals surface area contributed by atoms with Crippen molar-refractivity contribution in [3.63, 3.8) is 0 Å². The molecule has 0 aliphatic carbocycles. The first-order chi connectivity index (χ1) is 9.19. The van der Waals surface area contributed by atoms with Gasteiger partial charge in [-0.2, -0.15) is 5.26 Å². The van der Waals surface area contributed by atoms with Gasteiger partial charge in [0.25, 0.3) is 5.91 Å². The molecule has 0 radical (unpaired) electrons. The van der Waals surface area contributed by atoms with Crippen molar-refractivity contribution in [2.75, 3.05) is 6.54 Å². The predicted molar refractivity (Wildman–Crippen MR) is 68.4 cm³/mol. The fourth-order valence-electron chi connectivity index (χ4n) is 1.63. The number of aromatic nitrogens is 1. The van der Waals surface area contributed by atoms with Crippen LogP contribution < -0.4 is 5.32 Å². The first-order valence-corrected chi connectivity index (χ1v) is 5.88. The number of hydrogen-bond acceptors (Lipinski definition) is 4. The molecule has 0 atom stereocenters. The van der Waals surface area contributed by atoms with Gasteiger partial charge in [0.15, 0.2) is 0 Å². The van der Waals surface area contributed by atoms with Crippen LogP contribution in [-0.2, 0) is 6.42 Å². The highest BCUT2D eigenvalue weighted by Crippen LogP contribution is 2.06. The van der Waals surface area contributed by atoms with Gasteiger partial charge in [0.1, 0.15) is 17.2 Å². The van der Waals surface area contributed by atoms with Crippen LogP contribution in [0.1, 0.15) is 27.6 Å². The SMILES string of the molecule is Cc1ccc(CCNC(=O)c2cc(C#N)ccn2)o1. The Morgan fingerprint density at radius 1 is 1.47 bits per heavy atom. The quantitative estimate of drug-likeness (QED) is 0.903. The number of nitrogens with zero attached hydrogens (tertiary/aromatic N) is 2. The van der Waals surface area contributed by atoms with E-state index < -0.39 is 0 Å². The fourth-order valence-corrected chi connectivity index (χ4v) is 1.63. The molecule has 0 saturated carbocycles. The molecule has 2 rings (SSSR count). The van der Waals surface area contributed by atoms with E-state index in [1.54, 1.807) is 6.07 Å². The van der Waals surface area contributed by atoms with Crippen molar-refractivity contribution in [3.05, 3.63) is 53.2 Å². The highest BCUT2D eigenvalue weighted by molar-refractivity contribution is 5.92. The van der Waals surface area contributed by atoms with E-state index in [4.69, 9.17) is 9.68 Å². The minimum Gasteiger partial charge on any atom is -0.466 e. The summed E-state index contributed by atoms with van der Waals surface area (Å²) >= 11 is 0. The van der Waals surface area contributed by atoms with E-state index >= 15 is 0 Å². The van der Waals surface area contributed by atoms with E-state index in [-0.39, 0.29) is 11.6 Å². The number of nitrogens with one attached hydrogen (secondary N) is 1. The van der Waals surface area contributed by atoms with E-state index in [1.807, 2.05) is 25.1 Å². The number of furan rings is 1. The van der Waals surface area contributed by atoms with Gasteiger partial charge in [0.05, 0.1) is 11.6 Å². The van der Waals surface area contributed by atoms with Crippen LogP contribution >= 0.6 is 0 Å². The van der Waals surface area contributed by atoms with Crippen LogP contribution in [0.25, 0.3) is 0 Å². The minimum atomic E-state index is -0.291. The monoisotopic (exact) mass is 255 g/mol. The van der Waals surface area contributed by atoms with Gasteiger partial charge in [-0.05, 0) is 31.2 Å². The summed E-state index contributed by atoms with van der Waals surface area (Å²) in [7, 11) is 0. The van der Waals surface area contributed by atoms with Crippen molar-refractivity contribution in [2.24, 2.45) is 0 Å². The molecule has 5 heteroatoms. The Bertz CT molecular complexity index is 626. The molecule has 0 bridgehead atoms. The summed E-state index contributed by atoms with van der Waals surface area (Å²) in [5.41, 5.74) is 0.663. The first kappa shape index (κ1) is 12.8. The average Bonchev–Trinajstić information content (AvgIpc) is 2.84. The molecule has 1 N–H and O–H groups in total. The molecule has 0 aromatic carbocycles. The number of aryl methyl sites for hydroxylation is 1. The van der Waals surface area contributed by atoms with Gasteiger partial charge in [-0.1, -0.05) is 0 Å². The summed E-state index contributed by atoms with van der Waals surface area (Å²) < 4.78 is 5.40. The van der Waals surface area contributed by atoms with Gasteiger partial charge in [0, 0.05) is 19.2 Å². The molecular formula is C14H13N3O2. The zero-order valence-corrected chi connectivity index (χ0v) is 10.5.